The van der Waals surface area contributed by atoms with Crippen LogP contribution in [0.25, 0.3) is 5.69 Å². The number of rotatable bonds is 7. The van der Waals surface area contributed by atoms with Gasteiger partial charge in [-0.2, -0.15) is 0 Å². The zero-order chi connectivity index (χ0) is 26.0. The summed E-state index contributed by atoms with van der Waals surface area (Å²) in [6, 6.07) is 17.7. The maximum absolute atomic E-state index is 13.6. The van der Waals surface area contributed by atoms with Gasteiger partial charge in [0.1, 0.15) is 5.56 Å². The first-order valence-corrected chi connectivity index (χ1v) is 12.8. The van der Waals surface area contributed by atoms with E-state index in [1.807, 2.05) is 18.4 Å². The van der Waals surface area contributed by atoms with Crippen LogP contribution in [0, 0.1) is 0 Å². The van der Waals surface area contributed by atoms with E-state index < -0.39 is 17.4 Å². The van der Waals surface area contributed by atoms with Crippen LogP contribution in [0.1, 0.15) is 28.4 Å². The molecule has 1 heterocycles. The Bertz CT molecular complexity index is 1460. The van der Waals surface area contributed by atoms with Gasteiger partial charge in [-0.05, 0) is 54.3 Å². The van der Waals surface area contributed by atoms with Gasteiger partial charge >= 0.3 is 0 Å². The first kappa shape index (κ1) is 26.0. The zero-order valence-electron chi connectivity index (χ0n) is 19.3. The maximum atomic E-state index is 13.6. The van der Waals surface area contributed by atoms with E-state index in [0.29, 0.717) is 22.0 Å². The molecule has 186 valence electrons. The number of benzene rings is 3. The number of carbonyl (C=O) groups is 1. The SMILES string of the molecule is CSc1ccc(NC(=O)c2cn(Cc3ccc(C(C)(F)F)cc3)n(-c3ccc(Cl)cc3Cl)c2=O)cc1. The monoisotopic (exact) mass is 547 g/mol. The number of hydrogen-bond acceptors (Lipinski definition) is 3. The van der Waals surface area contributed by atoms with Crippen LogP contribution in [0.2, 0.25) is 10.0 Å². The quantitative estimate of drug-likeness (QED) is 0.251. The van der Waals surface area contributed by atoms with Gasteiger partial charge in [-0.15, -0.1) is 11.8 Å². The van der Waals surface area contributed by atoms with Crippen molar-refractivity contribution < 1.29 is 13.6 Å². The van der Waals surface area contributed by atoms with E-state index in [0.717, 1.165) is 11.8 Å². The smallest absolute Gasteiger partial charge is 0.284 e. The predicted octanol–water partition coefficient (Wildman–Crippen LogP) is 7.08. The lowest BCUT2D eigenvalue weighted by Crippen LogP contribution is -2.26. The van der Waals surface area contributed by atoms with Crippen molar-refractivity contribution in [2.24, 2.45) is 0 Å². The third kappa shape index (κ3) is 5.67. The third-order valence-corrected chi connectivity index (χ3v) is 6.78. The fourth-order valence-electron chi connectivity index (χ4n) is 3.63. The van der Waals surface area contributed by atoms with Crippen molar-refractivity contribution >= 4 is 46.6 Å². The summed E-state index contributed by atoms with van der Waals surface area (Å²) in [7, 11) is 0. The molecule has 5 nitrogen and oxygen atoms in total. The molecule has 0 spiro atoms. The summed E-state index contributed by atoms with van der Waals surface area (Å²) in [4.78, 5) is 27.5. The molecule has 0 aliphatic rings. The van der Waals surface area contributed by atoms with Gasteiger partial charge < -0.3 is 5.32 Å². The van der Waals surface area contributed by atoms with E-state index in [9.17, 15) is 18.4 Å². The number of alkyl halides is 2. The molecule has 36 heavy (non-hydrogen) atoms. The van der Waals surface area contributed by atoms with Crippen molar-refractivity contribution in [2.75, 3.05) is 11.6 Å². The molecule has 0 aliphatic heterocycles. The molecule has 4 rings (SSSR count). The largest absolute Gasteiger partial charge is 0.322 e. The van der Waals surface area contributed by atoms with Crippen molar-refractivity contribution in [2.45, 2.75) is 24.3 Å². The molecule has 1 aromatic heterocycles. The van der Waals surface area contributed by atoms with E-state index >= 15 is 0 Å². The number of carbonyl (C=O) groups excluding carboxylic acids is 1. The van der Waals surface area contributed by atoms with E-state index in [1.165, 1.54) is 33.8 Å². The molecule has 0 saturated heterocycles. The van der Waals surface area contributed by atoms with E-state index in [2.05, 4.69) is 5.32 Å². The van der Waals surface area contributed by atoms with Gasteiger partial charge in [0.15, 0.2) is 0 Å². The Balaban J connectivity index is 1.74. The van der Waals surface area contributed by atoms with Gasteiger partial charge in [0.2, 0.25) is 0 Å². The number of halogens is 4. The van der Waals surface area contributed by atoms with Crippen molar-refractivity contribution in [3.8, 4) is 5.69 Å². The molecular formula is C26H21Cl2F2N3O2S. The standard InChI is InChI=1S/C26H21Cl2F2N3O2S/c1-26(29,30)17-5-3-16(4-6-17)14-32-15-21(24(34)31-19-8-10-20(36-2)11-9-19)25(35)33(32)23-12-7-18(27)13-22(23)28/h3-13,15H,14H2,1-2H3,(H,31,34). The minimum Gasteiger partial charge on any atom is -0.322 e. The number of anilines is 1. The van der Waals surface area contributed by atoms with Crippen molar-refractivity contribution in [1.29, 1.82) is 0 Å². The zero-order valence-corrected chi connectivity index (χ0v) is 21.6. The van der Waals surface area contributed by atoms with Crippen LogP contribution in [0.3, 0.4) is 0 Å². The molecule has 1 N–H and O–H groups in total. The molecule has 0 saturated carbocycles. The molecular weight excluding hydrogens is 527 g/mol. The lowest BCUT2D eigenvalue weighted by atomic mass is 10.1. The van der Waals surface area contributed by atoms with Crippen LogP contribution < -0.4 is 10.9 Å². The fourth-order valence-corrected chi connectivity index (χ4v) is 4.53. The van der Waals surface area contributed by atoms with Crippen LogP contribution >= 0.6 is 35.0 Å². The van der Waals surface area contributed by atoms with Gasteiger partial charge in [0.05, 0.1) is 17.3 Å². The lowest BCUT2D eigenvalue weighted by Gasteiger charge is -2.14. The highest BCUT2D eigenvalue weighted by atomic mass is 35.5. The molecule has 3 aromatic carbocycles. The molecule has 0 aliphatic carbocycles. The third-order valence-electron chi connectivity index (χ3n) is 5.49. The number of thioether (sulfide) groups is 1. The van der Waals surface area contributed by atoms with Crippen LogP contribution in [0.15, 0.2) is 82.6 Å². The Labute approximate surface area is 220 Å². The van der Waals surface area contributed by atoms with Gasteiger partial charge in [0.25, 0.3) is 17.4 Å². The average Bonchev–Trinajstić information content (AvgIpc) is 3.15. The number of hydrogen-bond donors (Lipinski definition) is 1. The Morgan fingerprint density at radius 1 is 1.03 bits per heavy atom. The topological polar surface area (TPSA) is 56.0 Å². The summed E-state index contributed by atoms with van der Waals surface area (Å²) >= 11 is 14.0. The first-order chi connectivity index (χ1) is 17.1. The normalized spacial score (nSPS) is 11.5. The van der Waals surface area contributed by atoms with E-state index in [1.54, 1.807) is 48.2 Å². The first-order valence-electron chi connectivity index (χ1n) is 10.8. The van der Waals surface area contributed by atoms with E-state index in [-0.39, 0.29) is 22.7 Å². The lowest BCUT2D eigenvalue weighted by molar-refractivity contribution is 0.0174. The summed E-state index contributed by atoms with van der Waals surface area (Å²) in [5.74, 6) is -3.56. The van der Waals surface area contributed by atoms with Gasteiger partial charge in [-0.1, -0.05) is 47.5 Å². The minimum atomic E-state index is -2.97. The van der Waals surface area contributed by atoms with Gasteiger partial charge in [0, 0.05) is 34.3 Å². The molecule has 4 aromatic rings. The summed E-state index contributed by atoms with van der Waals surface area (Å²) in [6.45, 7) is 0.952. The number of aromatic nitrogens is 2. The molecule has 0 unspecified atom stereocenters. The maximum Gasteiger partial charge on any atom is 0.284 e. The molecule has 0 fully saturated rings. The summed E-state index contributed by atoms with van der Waals surface area (Å²) in [6.07, 6.45) is 3.36. The second-order valence-electron chi connectivity index (χ2n) is 8.12. The molecule has 0 radical (unpaired) electrons. The van der Waals surface area contributed by atoms with Crippen molar-refractivity contribution in [3.63, 3.8) is 0 Å². The highest BCUT2D eigenvalue weighted by molar-refractivity contribution is 7.98. The molecule has 0 bridgehead atoms. The number of nitrogens with zero attached hydrogens (tertiary/aromatic N) is 2. The van der Waals surface area contributed by atoms with Crippen LogP contribution in [0.4, 0.5) is 14.5 Å². The van der Waals surface area contributed by atoms with Crippen molar-refractivity contribution in [1.82, 2.24) is 9.36 Å². The highest BCUT2D eigenvalue weighted by Crippen LogP contribution is 2.28. The molecule has 0 atom stereocenters. The van der Waals surface area contributed by atoms with Crippen LogP contribution in [-0.4, -0.2) is 21.5 Å². The summed E-state index contributed by atoms with van der Waals surface area (Å²) in [5, 5.41) is 3.34. The second kappa shape index (κ2) is 10.5. The van der Waals surface area contributed by atoms with Crippen molar-refractivity contribution in [3.05, 3.63) is 110 Å². The van der Waals surface area contributed by atoms with Crippen LogP contribution in [0.5, 0.6) is 0 Å². The number of amides is 1. The number of nitrogens with one attached hydrogen (secondary N) is 1. The molecule has 10 heteroatoms. The fraction of sp³-hybridized carbons (Fsp3) is 0.154. The summed E-state index contributed by atoms with van der Waals surface area (Å²) in [5.41, 5.74) is 0.699. The van der Waals surface area contributed by atoms with Crippen LogP contribution in [-0.2, 0) is 12.5 Å². The highest BCUT2D eigenvalue weighted by Gasteiger charge is 2.24. The average molecular weight is 548 g/mol. The molecule has 1 amide bonds. The second-order valence-corrected chi connectivity index (χ2v) is 9.84. The Morgan fingerprint density at radius 2 is 1.69 bits per heavy atom. The van der Waals surface area contributed by atoms with Gasteiger partial charge in [-0.25, -0.2) is 13.5 Å². The minimum absolute atomic E-state index is 0.105. The Morgan fingerprint density at radius 3 is 2.28 bits per heavy atom. The summed E-state index contributed by atoms with van der Waals surface area (Å²) < 4.78 is 30.0. The Kier molecular flexibility index (Phi) is 7.59. The van der Waals surface area contributed by atoms with Gasteiger partial charge in [-0.3, -0.25) is 14.3 Å². The predicted molar refractivity (Wildman–Crippen MR) is 141 cm³/mol. The van der Waals surface area contributed by atoms with E-state index in [4.69, 9.17) is 23.2 Å². The Hall–Kier alpha value is -3.07.